The van der Waals surface area contributed by atoms with Gasteiger partial charge in [0.05, 0.1) is 16.3 Å². The number of nitrogens with one attached hydrogen (secondary N) is 1. The predicted molar refractivity (Wildman–Crippen MR) is 128 cm³/mol. The molecule has 2 aliphatic rings. The Morgan fingerprint density at radius 2 is 1.62 bits per heavy atom. The van der Waals surface area contributed by atoms with Crippen LogP contribution in [-0.4, -0.2) is 62.0 Å². The fourth-order valence-electron chi connectivity index (χ4n) is 4.42. The number of nitro benzene ring substituents is 1. The largest absolute Gasteiger partial charge is 0.367 e. The normalized spacial score (nSPS) is 17.9. The molecule has 1 amide bonds. The number of rotatable bonds is 5. The van der Waals surface area contributed by atoms with Gasteiger partial charge in [0.2, 0.25) is 0 Å². The molecule has 170 valence electrons. The molecule has 1 N–H and O–H groups in total. The number of amides is 1. The lowest BCUT2D eigenvalue weighted by molar-refractivity contribution is -0.384. The van der Waals surface area contributed by atoms with E-state index in [1.165, 1.54) is 6.07 Å². The van der Waals surface area contributed by atoms with Crippen molar-refractivity contribution < 1.29 is 9.72 Å². The number of piperidine rings is 1. The number of hydrogen-bond donors (Lipinski definition) is 1. The van der Waals surface area contributed by atoms with Gasteiger partial charge in [0.25, 0.3) is 11.6 Å². The Kier molecular flexibility index (Phi) is 6.60. The fraction of sp³-hybridized carbons (Fsp3) is 0.458. The minimum atomic E-state index is -0.387. The number of carbonyl (C=O) groups is 1. The lowest BCUT2D eigenvalue weighted by Crippen LogP contribution is -2.44. The summed E-state index contributed by atoms with van der Waals surface area (Å²) in [7, 11) is 2.10. The average Bonchev–Trinajstić information content (AvgIpc) is 2.80. The highest BCUT2D eigenvalue weighted by Gasteiger charge is 2.25. The van der Waals surface area contributed by atoms with Gasteiger partial charge in [-0.25, -0.2) is 0 Å². The number of nitrogens with zero attached hydrogens (tertiary/aromatic N) is 4. The molecule has 8 nitrogen and oxygen atoms in total. The van der Waals surface area contributed by atoms with Crippen molar-refractivity contribution >= 4 is 28.7 Å². The quantitative estimate of drug-likeness (QED) is 0.565. The van der Waals surface area contributed by atoms with Gasteiger partial charge in [0.15, 0.2) is 0 Å². The summed E-state index contributed by atoms with van der Waals surface area (Å²) in [5.74, 6) is 0.296. The maximum atomic E-state index is 13.0. The van der Waals surface area contributed by atoms with E-state index in [0.29, 0.717) is 17.2 Å². The molecule has 2 saturated heterocycles. The molecule has 8 heteroatoms. The van der Waals surface area contributed by atoms with Gasteiger partial charge >= 0.3 is 0 Å². The first-order valence-electron chi connectivity index (χ1n) is 11.3. The third-order valence-electron chi connectivity index (χ3n) is 6.55. The molecule has 2 fully saturated rings. The van der Waals surface area contributed by atoms with Crippen molar-refractivity contribution in [3.63, 3.8) is 0 Å². The van der Waals surface area contributed by atoms with Gasteiger partial charge in [0.1, 0.15) is 5.69 Å². The summed E-state index contributed by atoms with van der Waals surface area (Å²) in [6.45, 7) is 7.50. The molecular weight excluding hydrogens is 406 g/mol. The topological polar surface area (TPSA) is 82.0 Å². The molecule has 0 aliphatic carbocycles. The molecule has 2 aromatic carbocycles. The van der Waals surface area contributed by atoms with Crippen molar-refractivity contribution in [2.45, 2.75) is 19.8 Å². The van der Waals surface area contributed by atoms with Crippen LogP contribution in [0.25, 0.3) is 0 Å². The van der Waals surface area contributed by atoms with E-state index in [1.807, 2.05) is 24.3 Å². The van der Waals surface area contributed by atoms with E-state index in [2.05, 4.69) is 34.0 Å². The van der Waals surface area contributed by atoms with E-state index < -0.39 is 0 Å². The summed E-state index contributed by atoms with van der Waals surface area (Å²) in [5, 5.41) is 14.8. The van der Waals surface area contributed by atoms with Crippen molar-refractivity contribution in [1.82, 2.24) is 4.90 Å². The molecule has 0 bridgehead atoms. The number of benzene rings is 2. The summed E-state index contributed by atoms with van der Waals surface area (Å²) in [6.07, 6.45) is 2.03. The number of hydrogen-bond acceptors (Lipinski definition) is 6. The molecule has 0 unspecified atom stereocenters. The Labute approximate surface area is 189 Å². The van der Waals surface area contributed by atoms with Crippen LogP contribution in [0.3, 0.4) is 0 Å². The second kappa shape index (κ2) is 9.56. The Morgan fingerprint density at radius 3 is 2.31 bits per heavy atom. The Hall–Kier alpha value is -3.13. The summed E-state index contributed by atoms with van der Waals surface area (Å²) in [6, 6.07) is 12.5. The van der Waals surface area contributed by atoms with E-state index in [1.54, 1.807) is 12.1 Å². The highest BCUT2D eigenvalue weighted by molar-refractivity contribution is 6.06. The Bertz CT molecular complexity index is 979. The number of carbonyl (C=O) groups excluding carboxylic acids is 1. The molecule has 0 atom stereocenters. The number of nitro groups is 1. The van der Waals surface area contributed by atoms with Crippen LogP contribution in [0.2, 0.25) is 0 Å². The number of para-hydroxylation sites is 2. The second-order valence-electron chi connectivity index (χ2n) is 8.89. The first kappa shape index (κ1) is 22.1. The first-order valence-corrected chi connectivity index (χ1v) is 11.3. The molecule has 0 spiro atoms. The van der Waals surface area contributed by atoms with E-state index in [4.69, 9.17) is 0 Å². The number of piperazine rings is 1. The van der Waals surface area contributed by atoms with E-state index in [-0.39, 0.29) is 16.5 Å². The number of anilines is 3. The van der Waals surface area contributed by atoms with Gasteiger partial charge in [-0.1, -0.05) is 19.1 Å². The first-order chi connectivity index (χ1) is 15.4. The van der Waals surface area contributed by atoms with Crippen LogP contribution in [0.15, 0.2) is 42.5 Å². The lowest BCUT2D eigenvalue weighted by Gasteiger charge is -2.35. The number of likely N-dealkylation sites (N-methyl/N-ethyl adjacent to an activating group) is 1. The van der Waals surface area contributed by atoms with Gasteiger partial charge in [-0.2, -0.15) is 0 Å². The monoisotopic (exact) mass is 437 g/mol. The molecule has 2 aliphatic heterocycles. The highest BCUT2D eigenvalue weighted by atomic mass is 16.6. The molecule has 2 heterocycles. The fourth-order valence-corrected chi connectivity index (χ4v) is 4.42. The zero-order valence-electron chi connectivity index (χ0n) is 18.8. The third kappa shape index (κ3) is 4.85. The van der Waals surface area contributed by atoms with Crippen LogP contribution in [0.1, 0.15) is 30.1 Å². The van der Waals surface area contributed by atoms with Crippen molar-refractivity contribution in [2.24, 2.45) is 5.92 Å². The molecule has 4 rings (SSSR count). The average molecular weight is 438 g/mol. The summed E-state index contributed by atoms with van der Waals surface area (Å²) >= 11 is 0. The Morgan fingerprint density at radius 1 is 0.969 bits per heavy atom. The van der Waals surface area contributed by atoms with Crippen LogP contribution in [0.4, 0.5) is 22.7 Å². The van der Waals surface area contributed by atoms with Gasteiger partial charge < -0.3 is 20.0 Å². The van der Waals surface area contributed by atoms with Gasteiger partial charge in [-0.3, -0.25) is 14.9 Å². The third-order valence-corrected chi connectivity index (χ3v) is 6.55. The van der Waals surface area contributed by atoms with Crippen LogP contribution >= 0.6 is 0 Å². The second-order valence-corrected chi connectivity index (χ2v) is 8.89. The molecular formula is C24H31N5O3. The standard InChI is InChI=1S/C24H31N5O3/c1-18-9-11-27(12-10-18)22-8-7-19(17-23(22)29(31)32)24(30)25-20-5-3-4-6-21(20)28-15-13-26(2)14-16-28/h3-8,17-18H,9-16H2,1-2H3,(H,25,30). The van der Waals surface area contributed by atoms with Crippen LogP contribution in [-0.2, 0) is 0 Å². The van der Waals surface area contributed by atoms with Crippen LogP contribution < -0.4 is 15.1 Å². The predicted octanol–water partition coefficient (Wildman–Crippen LogP) is 3.84. The zero-order chi connectivity index (χ0) is 22.7. The zero-order valence-corrected chi connectivity index (χ0v) is 18.8. The molecule has 0 saturated carbocycles. The highest BCUT2D eigenvalue weighted by Crippen LogP contribution is 2.33. The van der Waals surface area contributed by atoms with Crippen LogP contribution in [0, 0.1) is 16.0 Å². The van der Waals surface area contributed by atoms with Gasteiger partial charge in [0, 0.05) is 50.9 Å². The van der Waals surface area contributed by atoms with Crippen molar-refractivity contribution in [1.29, 1.82) is 0 Å². The lowest BCUT2D eigenvalue weighted by atomic mass is 9.98. The van der Waals surface area contributed by atoms with Gasteiger partial charge in [-0.15, -0.1) is 0 Å². The molecule has 0 aromatic heterocycles. The SMILES string of the molecule is CC1CCN(c2ccc(C(=O)Nc3ccccc3N3CCN(C)CC3)cc2[N+](=O)[O-])CC1. The molecule has 0 radical (unpaired) electrons. The van der Waals surface area contributed by atoms with Gasteiger partial charge in [-0.05, 0) is 50.1 Å². The molecule has 32 heavy (non-hydrogen) atoms. The smallest absolute Gasteiger partial charge is 0.293 e. The minimum absolute atomic E-state index is 0.0143. The van der Waals surface area contributed by atoms with E-state index in [9.17, 15) is 14.9 Å². The van der Waals surface area contributed by atoms with E-state index in [0.717, 1.165) is 63.5 Å². The van der Waals surface area contributed by atoms with Crippen molar-refractivity contribution in [2.75, 3.05) is 61.4 Å². The summed E-state index contributed by atoms with van der Waals surface area (Å²) in [4.78, 5) is 31.0. The van der Waals surface area contributed by atoms with Crippen LogP contribution in [0.5, 0.6) is 0 Å². The van der Waals surface area contributed by atoms with Crippen molar-refractivity contribution in [3.05, 3.63) is 58.1 Å². The summed E-state index contributed by atoms with van der Waals surface area (Å²) < 4.78 is 0. The maximum Gasteiger partial charge on any atom is 0.293 e. The Balaban J connectivity index is 1.54. The van der Waals surface area contributed by atoms with E-state index >= 15 is 0 Å². The molecule has 2 aromatic rings. The maximum absolute atomic E-state index is 13.0. The minimum Gasteiger partial charge on any atom is -0.367 e. The van der Waals surface area contributed by atoms with Crippen molar-refractivity contribution in [3.8, 4) is 0 Å². The summed E-state index contributed by atoms with van der Waals surface area (Å²) in [5.41, 5.74) is 2.57.